The third-order valence-electron chi connectivity index (χ3n) is 6.60. The molecule has 0 spiro atoms. The fourth-order valence-corrected chi connectivity index (χ4v) is 4.94. The fourth-order valence-electron chi connectivity index (χ4n) is 4.94. The molecule has 196 valence electrons. The fraction of sp³-hybridized carbons (Fsp3) is 0.393. The number of benzene rings is 2. The van der Waals surface area contributed by atoms with Gasteiger partial charge >= 0.3 is 5.97 Å². The van der Waals surface area contributed by atoms with Crippen LogP contribution in [0.5, 0.6) is 11.6 Å². The van der Waals surface area contributed by atoms with Crippen LogP contribution in [0.15, 0.2) is 42.5 Å². The molecule has 1 aliphatic rings. The Morgan fingerprint density at radius 1 is 1.19 bits per heavy atom. The van der Waals surface area contributed by atoms with E-state index in [1.54, 1.807) is 19.9 Å². The number of aromatic carboxylic acids is 1. The number of hydrogen-bond donors (Lipinski definition) is 2. The number of carboxylic acid groups (broad SMARTS) is 1. The SMILES string of the molecule is Cc1ccc(-c2c(OCCCN(C)C)nn(Cc3ccccc3)c2C(=O)O)c2c1C(C(N)=O)C(C)(C)O2. The van der Waals surface area contributed by atoms with Gasteiger partial charge in [-0.3, -0.25) is 4.79 Å². The number of hydrogen-bond acceptors (Lipinski definition) is 6. The average Bonchev–Trinajstić information content (AvgIpc) is 3.32. The number of fused-ring (bicyclic) bond motifs is 1. The molecule has 1 unspecified atom stereocenters. The van der Waals surface area contributed by atoms with Crippen molar-refractivity contribution in [1.29, 1.82) is 0 Å². The summed E-state index contributed by atoms with van der Waals surface area (Å²) in [6, 6.07) is 13.2. The molecule has 3 aromatic rings. The standard InChI is InChI=1S/C28H34N4O5/c1-17-12-13-19(24-20(17)22(25(29)33)28(2,3)37-24)21-23(27(34)35)32(16-18-10-7-6-8-11-18)30-26(21)36-15-9-14-31(4)5/h6-8,10-13,22H,9,14-16H2,1-5H3,(H2,29,33)(H,34,35). The molecular weight excluding hydrogens is 472 g/mol. The van der Waals surface area contributed by atoms with E-state index in [1.165, 1.54) is 4.68 Å². The molecule has 9 heteroatoms. The highest BCUT2D eigenvalue weighted by Gasteiger charge is 2.47. The number of carboxylic acids is 1. The third kappa shape index (κ3) is 5.17. The first-order valence-electron chi connectivity index (χ1n) is 12.3. The predicted octanol–water partition coefficient (Wildman–Crippen LogP) is 3.68. The van der Waals surface area contributed by atoms with Gasteiger partial charge in [0.2, 0.25) is 11.8 Å². The Labute approximate surface area is 216 Å². The van der Waals surface area contributed by atoms with E-state index < -0.39 is 23.4 Å². The smallest absolute Gasteiger partial charge is 0.354 e. The highest BCUT2D eigenvalue weighted by atomic mass is 16.5. The predicted molar refractivity (Wildman–Crippen MR) is 140 cm³/mol. The monoisotopic (exact) mass is 506 g/mol. The highest BCUT2D eigenvalue weighted by molar-refractivity contribution is 5.98. The van der Waals surface area contributed by atoms with Crippen molar-refractivity contribution in [3.05, 3.63) is 64.8 Å². The molecule has 1 aromatic heterocycles. The summed E-state index contributed by atoms with van der Waals surface area (Å²) < 4.78 is 13.9. The van der Waals surface area contributed by atoms with Gasteiger partial charge in [-0.15, -0.1) is 5.10 Å². The average molecular weight is 507 g/mol. The topological polar surface area (TPSA) is 120 Å². The summed E-state index contributed by atoms with van der Waals surface area (Å²) in [5, 5.41) is 15.0. The normalized spacial score (nSPS) is 15.9. The number of nitrogens with zero attached hydrogens (tertiary/aromatic N) is 3. The highest BCUT2D eigenvalue weighted by Crippen LogP contribution is 2.52. The number of amides is 1. The van der Waals surface area contributed by atoms with Gasteiger partial charge in [0, 0.05) is 17.7 Å². The van der Waals surface area contributed by atoms with Crippen molar-refractivity contribution < 1.29 is 24.2 Å². The summed E-state index contributed by atoms with van der Waals surface area (Å²) in [4.78, 5) is 27.2. The van der Waals surface area contributed by atoms with E-state index in [1.807, 2.05) is 62.3 Å². The Kier molecular flexibility index (Phi) is 7.27. The van der Waals surface area contributed by atoms with Gasteiger partial charge in [0.05, 0.1) is 18.7 Å². The van der Waals surface area contributed by atoms with Crippen molar-refractivity contribution in [2.45, 2.75) is 45.3 Å². The van der Waals surface area contributed by atoms with E-state index in [0.29, 0.717) is 29.0 Å². The van der Waals surface area contributed by atoms with Gasteiger partial charge < -0.3 is 25.2 Å². The van der Waals surface area contributed by atoms with Gasteiger partial charge in [0.1, 0.15) is 17.3 Å². The maximum Gasteiger partial charge on any atom is 0.354 e. The molecule has 2 aromatic carbocycles. The first kappa shape index (κ1) is 26.2. The van der Waals surface area contributed by atoms with Gasteiger partial charge in [-0.1, -0.05) is 42.5 Å². The molecule has 0 fully saturated rings. The lowest BCUT2D eigenvalue weighted by Gasteiger charge is -2.24. The maximum absolute atomic E-state index is 12.7. The lowest BCUT2D eigenvalue weighted by molar-refractivity contribution is -0.122. The van der Waals surface area contributed by atoms with Crippen LogP contribution in [0.25, 0.3) is 11.1 Å². The molecule has 1 aliphatic heterocycles. The number of primary amides is 1. The zero-order valence-corrected chi connectivity index (χ0v) is 21.9. The van der Waals surface area contributed by atoms with E-state index in [0.717, 1.165) is 24.1 Å². The lowest BCUT2D eigenvalue weighted by atomic mass is 9.83. The molecule has 0 bridgehead atoms. The number of ether oxygens (including phenoxy) is 2. The van der Waals surface area contributed by atoms with Crippen molar-refractivity contribution in [2.75, 3.05) is 27.2 Å². The second-order valence-electron chi connectivity index (χ2n) is 10.2. The molecule has 0 aliphatic carbocycles. The van der Waals surface area contributed by atoms with E-state index in [2.05, 4.69) is 5.10 Å². The van der Waals surface area contributed by atoms with Crippen LogP contribution in [-0.4, -0.2) is 64.5 Å². The molecule has 9 nitrogen and oxygen atoms in total. The van der Waals surface area contributed by atoms with Crippen LogP contribution in [0.1, 0.15) is 53.4 Å². The Morgan fingerprint density at radius 3 is 2.51 bits per heavy atom. The minimum atomic E-state index is -1.14. The molecule has 3 N–H and O–H groups in total. The van der Waals surface area contributed by atoms with Gasteiger partial charge in [-0.2, -0.15) is 0 Å². The summed E-state index contributed by atoms with van der Waals surface area (Å²) >= 11 is 0. The first-order valence-corrected chi connectivity index (χ1v) is 12.3. The maximum atomic E-state index is 12.7. The molecule has 2 heterocycles. The Balaban J connectivity index is 1.89. The van der Waals surface area contributed by atoms with Crippen molar-refractivity contribution in [3.8, 4) is 22.8 Å². The summed E-state index contributed by atoms with van der Waals surface area (Å²) in [7, 11) is 3.96. The number of carbonyl (C=O) groups is 2. The second kappa shape index (κ2) is 10.3. The number of aromatic nitrogens is 2. The van der Waals surface area contributed by atoms with Crippen molar-refractivity contribution in [1.82, 2.24) is 14.7 Å². The van der Waals surface area contributed by atoms with E-state index >= 15 is 0 Å². The third-order valence-corrected chi connectivity index (χ3v) is 6.60. The van der Waals surface area contributed by atoms with Crippen molar-refractivity contribution in [3.63, 3.8) is 0 Å². The van der Waals surface area contributed by atoms with Gasteiger partial charge in [-0.25, -0.2) is 9.48 Å². The van der Waals surface area contributed by atoms with Crippen LogP contribution in [0, 0.1) is 6.92 Å². The molecular formula is C28H34N4O5. The van der Waals surface area contributed by atoms with Gasteiger partial charge in [0.25, 0.3) is 0 Å². The summed E-state index contributed by atoms with van der Waals surface area (Å²) in [6.07, 6.45) is 0.736. The Morgan fingerprint density at radius 2 is 1.89 bits per heavy atom. The van der Waals surface area contributed by atoms with Gasteiger partial charge in [0.15, 0.2) is 5.69 Å². The quantitative estimate of drug-likeness (QED) is 0.403. The largest absolute Gasteiger partial charge is 0.486 e. The molecule has 37 heavy (non-hydrogen) atoms. The molecule has 1 amide bonds. The Bertz CT molecular complexity index is 1310. The minimum absolute atomic E-state index is 0.0125. The van der Waals surface area contributed by atoms with E-state index in [-0.39, 0.29) is 18.1 Å². The van der Waals surface area contributed by atoms with Crippen molar-refractivity contribution in [2.24, 2.45) is 5.73 Å². The second-order valence-corrected chi connectivity index (χ2v) is 10.2. The molecule has 0 saturated carbocycles. The minimum Gasteiger partial charge on any atom is -0.486 e. The van der Waals surface area contributed by atoms with Crippen LogP contribution in [0.4, 0.5) is 0 Å². The summed E-state index contributed by atoms with van der Waals surface area (Å²) in [6.45, 7) is 6.92. The van der Waals surface area contributed by atoms with Crippen LogP contribution in [0.2, 0.25) is 0 Å². The summed E-state index contributed by atoms with van der Waals surface area (Å²) in [5.74, 6) is -1.67. The molecule has 0 radical (unpaired) electrons. The number of aryl methyl sites for hydroxylation is 1. The van der Waals surface area contributed by atoms with E-state index in [4.69, 9.17) is 15.2 Å². The van der Waals surface area contributed by atoms with E-state index in [9.17, 15) is 14.7 Å². The first-order chi connectivity index (χ1) is 17.5. The molecule has 1 atom stereocenters. The van der Waals surface area contributed by atoms with Gasteiger partial charge in [-0.05, 0) is 52.4 Å². The zero-order valence-electron chi connectivity index (χ0n) is 21.9. The number of rotatable bonds is 10. The number of nitrogens with two attached hydrogens (primary N) is 1. The van der Waals surface area contributed by atoms with Crippen LogP contribution in [0.3, 0.4) is 0 Å². The molecule has 0 saturated heterocycles. The van der Waals surface area contributed by atoms with Crippen LogP contribution >= 0.6 is 0 Å². The zero-order chi connectivity index (χ0) is 26.9. The molecule has 4 rings (SSSR count). The van der Waals surface area contributed by atoms with Crippen LogP contribution in [-0.2, 0) is 11.3 Å². The summed E-state index contributed by atoms with van der Waals surface area (Å²) in [5.41, 5.74) is 8.13. The van der Waals surface area contributed by atoms with Crippen LogP contribution < -0.4 is 15.2 Å². The lowest BCUT2D eigenvalue weighted by Crippen LogP contribution is -2.38. The van der Waals surface area contributed by atoms with Crippen molar-refractivity contribution >= 4 is 11.9 Å². The Hall–Kier alpha value is -3.85. The number of carbonyl (C=O) groups excluding carboxylic acids is 1.